The average molecular weight is 327 g/mol. The molecule has 0 N–H and O–H groups in total. The lowest BCUT2D eigenvalue weighted by Gasteiger charge is -2.30. The zero-order valence-corrected chi connectivity index (χ0v) is 12.7. The monoisotopic (exact) mass is 326 g/mol. The van der Waals surface area contributed by atoms with Crippen molar-refractivity contribution in [1.29, 1.82) is 0 Å². The number of hydrogen-bond donors (Lipinski definition) is 0. The van der Waals surface area contributed by atoms with E-state index in [4.69, 9.17) is 11.6 Å². The molecule has 1 saturated heterocycles. The predicted octanol–water partition coefficient (Wildman–Crippen LogP) is 2.27. The van der Waals surface area contributed by atoms with Crippen LogP contribution in [0.2, 0.25) is 5.02 Å². The van der Waals surface area contributed by atoms with Crippen molar-refractivity contribution in [2.24, 2.45) is 5.92 Å². The number of benzene rings is 1. The van der Waals surface area contributed by atoms with E-state index in [0.29, 0.717) is 25.9 Å². The molecule has 0 spiro atoms. The highest BCUT2D eigenvalue weighted by molar-refractivity contribution is 6.31. The Hall–Kier alpha value is -2.15. The Morgan fingerprint density at radius 2 is 2.00 bits per heavy atom. The largest absolute Gasteiger partial charge is 0.469 e. The minimum atomic E-state index is -0.625. The first kappa shape index (κ1) is 16.2. The van der Waals surface area contributed by atoms with Crippen molar-refractivity contribution in [3.63, 3.8) is 0 Å². The summed E-state index contributed by atoms with van der Waals surface area (Å²) in [5.74, 6) is -0.939. The molecule has 1 heterocycles. The van der Waals surface area contributed by atoms with Gasteiger partial charge in [-0.25, -0.2) is 0 Å². The van der Waals surface area contributed by atoms with E-state index in [1.165, 1.54) is 24.1 Å². The molecule has 0 aliphatic carbocycles. The number of rotatable bonds is 3. The van der Waals surface area contributed by atoms with Gasteiger partial charge in [-0.15, -0.1) is 0 Å². The van der Waals surface area contributed by atoms with Gasteiger partial charge in [0.25, 0.3) is 11.6 Å². The van der Waals surface area contributed by atoms with Gasteiger partial charge in [0.15, 0.2) is 0 Å². The van der Waals surface area contributed by atoms with Crippen LogP contribution in [0, 0.1) is 16.0 Å². The number of hydrogen-bond acceptors (Lipinski definition) is 5. The molecular formula is C14H15ClN2O5. The van der Waals surface area contributed by atoms with Gasteiger partial charge in [-0.1, -0.05) is 11.6 Å². The van der Waals surface area contributed by atoms with Crippen LogP contribution in [0.5, 0.6) is 0 Å². The fourth-order valence-electron chi connectivity index (χ4n) is 2.49. The smallest absolute Gasteiger partial charge is 0.308 e. The lowest BCUT2D eigenvalue weighted by molar-refractivity contribution is -0.385. The second-order valence-electron chi connectivity index (χ2n) is 5.01. The van der Waals surface area contributed by atoms with E-state index in [0.717, 1.165) is 6.07 Å². The predicted molar refractivity (Wildman–Crippen MR) is 78.7 cm³/mol. The number of carbonyl (C=O) groups excluding carboxylic acids is 2. The topological polar surface area (TPSA) is 89.8 Å². The molecule has 0 bridgehead atoms. The molecule has 0 atom stereocenters. The van der Waals surface area contributed by atoms with Crippen molar-refractivity contribution in [3.05, 3.63) is 38.9 Å². The van der Waals surface area contributed by atoms with Gasteiger partial charge in [0.05, 0.1) is 18.0 Å². The Morgan fingerprint density at radius 3 is 2.55 bits per heavy atom. The molecule has 0 radical (unpaired) electrons. The van der Waals surface area contributed by atoms with Gasteiger partial charge in [0.1, 0.15) is 5.56 Å². The summed E-state index contributed by atoms with van der Waals surface area (Å²) in [6.45, 7) is 0.719. The van der Waals surface area contributed by atoms with E-state index in [-0.39, 0.29) is 28.2 Å². The normalized spacial score (nSPS) is 15.5. The number of methoxy groups -OCH3 is 1. The zero-order valence-electron chi connectivity index (χ0n) is 12.0. The lowest BCUT2D eigenvalue weighted by Crippen LogP contribution is -2.40. The number of carbonyl (C=O) groups is 2. The second kappa shape index (κ2) is 6.74. The molecule has 1 amide bonds. The SMILES string of the molecule is COC(=O)C1CCN(C(=O)c2ccc(Cl)cc2[N+](=O)[O-])CC1. The lowest BCUT2D eigenvalue weighted by atomic mass is 9.96. The van der Waals surface area contributed by atoms with Crippen LogP contribution in [0.4, 0.5) is 5.69 Å². The number of ether oxygens (including phenoxy) is 1. The summed E-state index contributed by atoms with van der Waals surface area (Å²) in [5, 5.41) is 11.3. The molecule has 1 aliphatic heterocycles. The third kappa shape index (κ3) is 3.36. The number of nitro groups is 1. The Kier molecular flexibility index (Phi) is 4.97. The molecule has 22 heavy (non-hydrogen) atoms. The molecule has 2 rings (SSSR count). The number of nitro benzene ring substituents is 1. The van der Waals surface area contributed by atoms with Crippen molar-refractivity contribution in [1.82, 2.24) is 4.90 Å². The van der Waals surface area contributed by atoms with Gasteiger partial charge < -0.3 is 9.64 Å². The summed E-state index contributed by atoms with van der Waals surface area (Å²) in [5.41, 5.74) is -0.307. The molecule has 1 aromatic carbocycles. The van der Waals surface area contributed by atoms with Crippen LogP contribution in [0.3, 0.4) is 0 Å². The Morgan fingerprint density at radius 1 is 1.36 bits per heavy atom. The summed E-state index contributed by atoms with van der Waals surface area (Å²) in [4.78, 5) is 35.9. The highest BCUT2D eigenvalue weighted by Gasteiger charge is 2.31. The van der Waals surface area contributed by atoms with Crippen LogP contribution in [0.1, 0.15) is 23.2 Å². The maximum atomic E-state index is 12.4. The molecule has 0 saturated carbocycles. The molecule has 7 nitrogen and oxygen atoms in total. The molecular weight excluding hydrogens is 312 g/mol. The molecule has 1 fully saturated rings. The summed E-state index contributed by atoms with van der Waals surface area (Å²) in [6.07, 6.45) is 0.972. The van der Waals surface area contributed by atoms with Gasteiger partial charge in [0, 0.05) is 24.2 Å². The second-order valence-corrected chi connectivity index (χ2v) is 5.44. The van der Waals surface area contributed by atoms with Gasteiger partial charge in [-0.05, 0) is 25.0 Å². The molecule has 0 unspecified atom stereocenters. The van der Waals surface area contributed by atoms with Crippen molar-refractivity contribution in [2.45, 2.75) is 12.8 Å². The average Bonchev–Trinajstić information content (AvgIpc) is 2.53. The van der Waals surface area contributed by atoms with Gasteiger partial charge in [0.2, 0.25) is 0 Å². The van der Waals surface area contributed by atoms with Gasteiger partial charge in [-0.2, -0.15) is 0 Å². The first-order valence-corrected chi connectivity index (χ1v) is 7.13. The molecule has 1 aliphatic rings. The van der Waals surface area contributed by atoms with Crippen LogP contribution >= 0.6 is 11.6 Å². The number of halogens is 1. The first-order valence-electron chi connectivity index (χ1n) is 6.75. The first-order chi connectivity index (χ1) is 10.4. The van der Waals surface area contributed by atoms with E-state index >= 15 is 0 Å². The standard InChI is InChI=1S/C14H15ClN2O5/c1-22-14(19)9-4-6-16(7-5-9)13(18)11-3-2-10(15)8-12(11)17(20)21/h2-3,8-9H,4-7H2,1H3. The highest BCUT2D eigenvalue weighted by atomic mass is 35.5. The molecule has 0 aromatic heterocycles. The Bertz CT molecular complexity index is 611. The van der Waals surface area contributed by atoms with Crippen LogP contribution in [-0.2, 0) is 9.53 Å². The van der Waals surface area contributed by atoms with E-state index < -0.39 is 10.8 Å². The van der Waals surface area contributed by atoms with E-state index in [1.807, 2.05) is 0 Å². The maximum absolute atomic E-state index is 12.4. The summed E-state index contributed by atoms with van der Waals surface area (Å²) in [6, 6.07) is 3.97. The third-order valence-corrected chi connectivity index (χ3v) is 3.94. The van der Waals surface area contributed by atoms with Crippen molar-refractivity contribution in [2.75, 3.05) is 20.2 Å². The fourth-order valence-corrected chi connectivity index (χ4v) is 2.66. The van der Waals surface area contributed by atoms with Crippen LogP contribution in [-0.4, -0.2) is 41.9 Å². The van der Waals surface area contributed by atoms with Gasteiger partial charge >= 0.3 is 5.97 Å². The zero-order chi connectivity index (χ0) is 16.3. The van der Waals surface area contributed by atoms with E-state index in [2.05, 4.69) is 4.74 Å². The Labute approximate surface area is 131 Å². The quantitative estimate of drug-likeness (QED) is 0.483. The minimum absolute atomic E-state index is 0.00548. The molecule has 8 heteroatoms. The fraction of sp³-hybridized carbons (Fsp3) is 0.429. The van der Waals surface area contributed by atoms with Crippen molar-refractivity contribution < 1.29 is 19.2 Å². The summed E-state index contributed by atoms with van der Waals surface area (Å²) < 4.78 is 4.69. The van der Waals surface area contributed by atoms with Crippen LogP contribution in [0.15, 0.2) is 18.2 Å². The van der Waals surface area contributed by atoms with E-state index in [1.54, 1.807) is 0 Å². The number of likely N-dealkylation sites (tertiary alicyclic amines) is 1. The Balaban J connectivity index is 2.14. The number of nitrogens with zero attached hydrogens (tertiary/aromatic N) is 2. The molecule has 118 valence electrons. The molecule has 1 aromatic rings. The van der Waals surface area contributed by atoms with Crippen molar-refractivity contribution in [3.8, 4) is 0 Å². The number of amides is 1. The summed E-state index contributed by atoms with van der Waals surface area (Å²) in [7, 11) is 1.33. The van der Waals surface area contributed by atoms with Crippen LogP contribution < -0.4 is 0 Å². The number of piperidine rings is 1. The van der Waals surface area contributed by atoms with Gasteiger partial charge in [-0.3, -0.25) is 19.7 Å². The number of esters is 1. The minimum Gasteiger partial charge on any atom is -0.469 e. The summed E-state index contributed by atoms with van der Waals surface area (Å²) >= 11 is 5.74. The van der Waals surface area contributed by atoms with Crippen molar-refractivity contribution >= 4 is 29.2 Å². The highest BCUT2D eigenvalue weighted by Crippen LogP contribution is 2.26. The van der Waals surface area contributed by atoms with E-state index in [9.17, 15) is 19.7 Å². The maximum Gasteiger partial charge on any atom is 0.308 e. The third-order valence-electron chi connectivity index (χ3n) is 3.70. The van der Waals surface area contributed by atoms with Crippen LogP contribution in [0.25, 0.3) is 0 Å².